The van der Waals surface area contributed by atoms with Gasteiger partial charge in [-0.2, -0.15) is 0 Å². The number of Topliss-reactive ketones (excluding diaryl/α,β-unsaturated/α-hetero) is 1. The van der Waals surface area contributed by atoms with Crippen LogP contribution in [0.3, 0.4) is 0 Å². The molecule has 1 atom stereocenters. The molecule has 1 heterocycles. The number of hydrogen-bond donors (Lipinski definition) is 0. The highest BCUT2D eigenvalue weighted by atomic mass is 79.9. The van der Waals surface area contributed by atoms with Gasteiger partial charge in [0.15, 0.2) is 11.6 Å². The van der Waals surface area contributed by atoms with Gasteiger partial charge in [-0.05, 0) is 19.1 Å². The Morgan fingerprint density at radius 2 is 1.94 bits per heavy atom. The van der Waals surface area contributed by atoms with Gasteiger partial charge in [0.05, 0.1) is 0 Å². The molecule has 2 rings (SSSR count). The molecule has 5 heteroatoms. The summed E-state index contributed by atoms with van der Waals surface area (Å²) in [5, 5.41) is 0. The van der Waals surface area contributed by atoms with E-state index in [0.29, 0.717) is 23.9 Å². The van der Waals surface area contributed by atoms with Gasteiger partial charge < -0.3 is 4.90 Å². The van der Waals surface area contributed by atoms with Crippen molar-refractivity contribution < 1.29 is 13.6 Å². The predicted molar refractivity (Wildman–Crippen MR) is 65.1 cm³/mol. The van der Waals surface area contributed by atoms with E-state index in [1.54, 1.807) is 11.8 Å². The van der Waals surface area contributed by atoms with Crippen LogP contribution in [0.4, 0.5) is 14.5 Å². The van der Waals surface area contributed by atoms with Crippen LogP contribution >= 0.6 is 15.9 Å². The van der Waals surface area contributed by atoms with Crippen LogP contribution in [0.2, 0.25) is 0 Å². The van der Waals surface area contributed by atoms with Crippen molar-refractivity contribution >= 4 is 27.4 Å². The van der Waals surface area contributed by atoms with Gasteiger partial charge in [-0.3, -0.25) is 4.79 Å². The standard InChI is InChI=1S/C12H12BrF2NO/c1-7-4-9(17)2-3-16(7)12-10(14)5-8(13)6-11(12)15/h5-7H,2-4H2,1H3. The number of rotatable bonds is 1. The lowest BCUT2D eigenvalue weighted by atomic mass is 10.0. The molecule has 1 saturated heterocycles. The van der Waals surface area contributed by atoms with Crippen LogP contribution in [0.5, 0.6) is 0 Å². The molecule has 1 aliphatic rings. The zero-order chi connectivity index (χ0) is 12.6. The fourth-order valence-corrected chi connectivity index (χ4v) is 2.55. The van der Waals surface area contributed by atoms with Crippen LogP contribution in [-0.4, -0.2) is 18.4 Å². The maximum absolute atomic E-state index is 13.8. The molecule has 0 spiro atoms. The summed E-state index contributed by atoms with van der Waals surface area (Å²) in [5.74, 6) is -1.05. The molecular formula is C12H12BrF2NO. The Hall–Kier alpha value is -0.970. The molecule has 1 aromatic carbocycles. The summed E-state index contributed by atoms with van der Waals surface area (Å²) < 4.78 is 27.9. The summed E-state index contributed by atoms with van der Waals surface area (Å²) in [6, 6.07) is 2.31. The minimum absolute atomic E-state index is 0.0341. The third-order valence-electron chi connectivity index (χ3n) is 2.96. The first-order valence-corrected chi connectivity index (χ1v) is 6.21. The third-order valence-corrected chi connectivity index (χ3v) is 3.41. The van der Waals surface area contributed by atoms with Crippen LogP contribution in [0.1, 0.15) is 19.8 Å². The van der Waals surface area contributed by atoms with Gasteiger partial charge in [0.2, 0.25) is 0 Å². The Bertz CT molecular complexity index is 441. The fraction of sp³-hybridized carbons (Fsp3) is 0.417. The molecule has 0 bridgehead atoms. The van der Waals surface area contributed by atoms with E-state index in [1.165, 1.54) is 12.1 Å². The number of carbonyl (C=O) groups excluding carboxylic acids is 1. The number of piperidine rings is 1. The molecule has 0 radical (unpaired) electrons. The van der Waals surface area contributed by atoms with E-state index in [-0.39, 0.29) is 17.5 Å². The summed E-state index contributed by atoms with van der Waals surface area (Å²) in [4.78, 5) is 12.9. The number of nitrogens with zero attached hydrogens (tertiary/aromatic N) is 1. The number of benzene rings is 1. The van der Waals surface area contributed by atoms with Crippen LogP contribution in [-0.2, 0) is 4.79 Å². The molecule has 1 aromatic rings. The zero-order valence-corrected chi connectivity index (χ0v) is 10.9. The first-order chi connectivity index (χ1) is 7.99. The van der Waals surface area contributed by atoms with E-state index in [1.807, 2.05) is 0 Å². The van der Waals surface area contributed by atoms with Crippen LogP contribution in [0.25, 0.3) is 0 Å². The van der Waals surface area contributed by atoms with E-state index in [9.17, 15) is 13.6 Å². The van der Waals surface area contributed by atoms with Crippen LogP contribution in [0, 0.1) is 11.6 Å². The molecule has 0 N–H and O–H groups in total. The summed E-state index contributed by atoms with van der Waals surface area (Å²) >= 11 is 3.04. The third kappa shape index (κ3) is 2.49. The van der Waals surface area contributed by atoms with Crippen molar-refractivity contribution in [2.45, 2.75) is 25.8 Å². The molecule has 1 aliphatic heterocycles. The van der Waals surface area contributed by atoms with E-state index >= 15 is 0 Å². The second-order valence-corrected chi connectivity index (χ2v) is 5.17. The Labute approximate surface area is 107 Å². The van der Waals surface area contributed by atoms with E-state index < -0.39 is 11.6 Å². The molecule has 0 aliphatic carbocycles. The van der Waals surface area contributed by atoms with Gasteiger partial charge in [-0.15, -0.1) is 0 Å². The lowest BCUT2D eigenvalue weighted by molar-refractivity contribution is -0.120. The molecule has 17 heavy (non-hydrogen) atoms. The van der Waals surface area contributed by atoms with Crippen molar-refractivity contribution in [3.63, 3.8) is 0 Å². The zero-order valence-electron chi connectivity index (χ0n) is 9.34. The van der Waals surface area contributed by atoms with Gasteiger partial charge in [-0.1, -0.05) is 15.9 Å². The molecule has 0 amide bonds. The lowest BCUT2D eigenvalue weighted by Gasteiger charge is -2.35. The van der Waals surface area contributed by atoms with Crippen LogP contribution in [0.15, 0.2) is 16.6 Å². The number of hydrogen-bond acceptors (Lipinski definition) is 2. The Balaban J connectivity index is 2.37. The SMILES string of the molecule is CC1CC(=O)CCN1c1c(F)cc(Br)cc1F. The van der Waals surface area contributed by atoms with Gasteiger partial charge in [0.1, 0.15) is 11.5 Å². The monoisotopic (exact) mass is 303 g/mol. The highest BCUT2D eigenvalue weighted by Crippen LogP contribution is 2.31. The van der Waals surface area contributed by atoms with Crippen molar-refractivity contribution in [1.82, 2.24) is 0 Å². The van der Waals surface area contributed by atoms with Gasteiger partial charge >= 0.3 is 0 Å². The van der Waals surface area contributed by atoms with Crippen LogP contribution < -0.4 is 4.90 Å². The first kappa shape index (κ1) is 12.5. The minimum atomic E-state index is -0.599. The maximum Gasteiger partial charge on any atom is 0.150 e. The highest BCUT2D eigenvalue weighted by Gasteiger charge is 2.27. The average Bonchev–Trinajstić information content (AvgIpc) is 2.19. The number of ketones is 1. The number of anilines is 1. The Morgan fingerprint density at radius 1 is 1.35 bits per heavy atom. The minimum Gasteiger partial charge on any atom is -0.363 e. The van der Waals surface area contributed by atoms with E-state index in [2.05, 4.69) is 15.9 Å². The summed E-state index contributed by atoms with van der Waals surface area (Å²) in [7, 11) is 0. The molecule has 1 unspecified atom stereocenters. The molecule has 92 valence electrons. The lowest BCUT2D eigenvalue weighted by Crippen LogP contribution is -2.42. The second kappa shape index (κ2) is 4.72. The van der Waals surface area contributed by atoms with Gasteiger partial charge in [-0.25, -0.2) is 8.78 Å². The second-order valence-electron chi connectivity index (χ2n) is 4.25. The molecule has 0 aromatic heterocycles. The van der Waals surface area contributed by atoms with Crippen molar-refractivity contribution in [3.05, 3.63) is 28.2 Å². The molecular weight excluding hydrogens is 292 g/mol. The van der Waals surface area contributed by atoms with Crippen molar-refractivity contribution in [2.24, 2.45) is 0 Å². The van der Waals surface area contributed by atoms with Gasteiger partial charge in [0.25, 0.3) is 0 Å². The van der Waals surface area contributed by atoms with Crippen molar-refractivity contribution in [2.75, 3.05) is 11.4 Å². The van der Waals surface area contributed by atoms with Crippen molar-refractivity contribution in [1.29, 1.82) is 0 Å². The van der Waals surface area contributed by atoms with Crippen molar-refractivity contribution in [3.8, 4) is 0 Å². The summed E-state index contributed by atoms with van der Waals surface area (Å²) in [6.45, 7) is 2.17. The normalized spacial score (nSPS) is 20.8. The maximum atomic E-state index is 13.8. The largest absolute Gasteiger partial charge is 0.363 e. The fourth-order valence-electron chi connectivity index (χ4n) is 2.15. The van der Waals surface area contributed by atoms with Gasteiger partial charge in [0, 0.05) is 29.9 Å². The smallest absolute Gasteiger partial charge is 0.150 e. The average molecular weight is 304 g/mol. The predicted octanol–water partition coefficient (Wildman–Crippen LogP) is 3.29. The highest BCUT2D eigenvalue weighted by molar-refractivity contribution is 9.10. The molecule has 1 fully saturated rings. The number of carbonyl (C=O) groups is 1. The first-order valence-electron chi connectivity index (χ1n) is 5.42. The summed E-state index contributed by atoms with van der Waals surface area (Å²) in [5.41, 5.74) is -0.0341. The van der Waals surface area contributed by atoms with E-state index in [0.717, 1.165) is 0 Å². The Kier molecular flexibility index (Phi) is 3.47. The summed E-state index contributed by atoms with van der Waals surface area (Å²) in [6.07, 6.45) is 0.689. The topological polar surface area (TPSA) is 20.3 Å². The number of halogens is 3. The molecule has 0 saturated carbocycles. The quantitative estimate of drug-likeness (QED) is 0.793. The molecule has 2 nitrogen and oxygen atoms in total. The van der Waals surface area contributed by atoms with E-state index in [4.69, 9.17) is 0 Å². The Morgan fingerprint density at radius 3 is 2.47 bits per heavy atom.